The number of hydrogen-bond acceptors (Lipinski definition) is 7. The fourth-order valence-electron chi connectivity index (χ4n) is 1.43. The summed E-state index contributed by atoms with van der Waals surface area (Å²) in [5.74, 6) is -0.724. The number of nitrogens with zero attached hydrogens (tertiary/aromatic N) is 1. The molecule has 1 aromatic carbocycles. The number of benzene rings is 1. The van der Waals surface area contributed by atoms with E-state index in [0.29, 0.717) is 5.56 Å². The molecule has 1 atom stereocenters. The Morgan fingerprint density at radius 1 is 1.50 bits per heavy atom. The van der Waals surface area contributed by atoms with Gasteiger partial charge in [0.15, 0.2) is 0 Å². The standard InChI is InChI=1S/C9H12N4O5/c10-6-3-5(1-2-8(6)13(17)18)7(11-15)4-9(14)12-16/h1-3,7,11,15-16H,4,10H2,(H,12,14). The van der Waals surface area contributed by atoms with Crippen LogP contribution in [0.25, 0.3) is 0 Å². The summed E-state index contributed by atoms with van der Waals surface area (Å²) < 4.78 is 0. The predicted octanol–water partition coefficient (Wildman–Crippen LogP) is 0.0924. The molecular weight excluding hydrogens is 244 g/mol. The van der Waals surface area contributed by atoms with E-state index in [4.69, 9.17) is 16.1 Å². The Labute approximate surface area is 101 Å². The Morgan fingerprint density at radius 2 is 2.17 bits per heavy atom. The van der Waals surface area contributed by atoms with Gasteiger partial charge < -0.3 is 10.9 Å². The first kappa shape index (κ1) is 13.8. The second kappa shape index (κ2) is 5.91. The maximum atomic E-state index is 11.0. The Kier molecular flexibility index (Phi) is 4.54. The van der Waals surface area contributed by atoms with Crippen LogP contribution in [-0.2, 0) is 4.79 Å². The highest BCUT2D eigenvalue weighted by molar-refractivity contribution is 5.75. The molecule has 9 nitrogen and oxygen atoms in total. The summed E-state index contributed by atoms with van der Waals surface area (Å²) in [7, 11) is 0. The van der Waals surface area contributed by atoms with Crippen molar-refractivity contribution in [2.75, 3.05) is 5.73 Å². The third-order valence-corrected chi connectivity index (χ3v) is 2.32. The zero-order valence-corrected chi connectivity index (χ0v) is 9.16. The van der Waals surface area contributed by atoms with Crippen LogP contribution in [0.3, 0.4) is 0 Å². The van der Waals surface area contributed by atoms with E-state index in [0.717, 1.165) is 0 Å². The Bertz CT molecular complexity index is 464. The van der Waals surface area contributed by atoms with Gasteiger partial charge in [-0.25, -0.2) is 5.48 Å². The lowest BCUT2D eigenvalue weighted by Crippen LogP contribution is -2.27. The van der Waals surface area contributed by atoms with E-state index in [1.165, 1.54) is 23.7 Å². The van der Waals surface area contributed by atoms with Gasteiger partial charge in [0.1, 0.15) is 5.69 Å². The average Bonchev–Trinajstić information content (AvgIpc) is 2.34. The molecule has 0 fully saturated rings. The maximum absolute atomic E-state index is 11.0. The van der Waals surface area contributed by atoms with Crippen molar-refractivity contribution in [3.05, 3.63) is 33.9 Å². The molecule has 0 aliphatic heterocycles. The number of nitrogen functional groups attached to an aromatic ring is 1. The van der Waals surface area contributed by atoms with Gasteiger partial charge in [0.25, 0.3) is 5.69 Å². The molecule has 0 heterocycles. The van der Waals surface area contributed by atoms with E-state index in [1.54, 1.807) is 0 Å². The Morgan fingerprint density at radius 3 is 2.61 bits per heavy atom. The number of anilines is 1. The highest BCUT2D eigenvalue weighted by atomic mass is 16.6. The molecule has 0 spiro atoms. The van der Waals surface area contributed by atoms with Crippen LogP contribution in [0.5, 0.6) is 0 Å². The number of nitro groups is 1. The summed E-state index contributed by atoms with van der Waals surface area (Å²) in [5, 5.41) is 27.8. The number of nitrogens with one attached hydrogen (secondary N) is 2. The molecule has 18 heavy (non-hydrogen) atoms. The molecule has 1 aromatic rings. The molecule has 6 N–H and O–H groups in total. The molecule has 0 saturated carbocycles. The highest BCUT2D eigenvalue weighted by Gasteiger charge is 2.18. The fraction of sp³-hybridized carbons (Fsp3) is 0.222. The first-order valence-corrected chi connectivity index (χ1v) is 4.86. The fourth-order valence-corrected chi connectivity index (χ4v) is 1.43. The SMILES string of the molecule is Nc1cc(C(CC(=O)NO)NO)ccc1[N+](=O)[O-]. The van der Waals surface area contributed by atoms with Crippen LogP contribution in [0.1, 0.15) is 18.0 Å². The van der Waals surface area contributed by atoms with Crippen LogP contribution in [0, 0.1) is 10.1 Å². The molecule has 1 amide bonds. The summed E-state index contributed by atoms with van der Waals surface area (Å²) in [6, 6.07) is 2.97. The van der Waals surface area contributed by atoms with Crippen LogP contribution < -0.4 is 16.7 Å². The van der Waals surface area contributed by atoms with Gasteiger partial charge in [-0.3, -0.25) is 20.1 Å². The molecule has 9 heteroatoms. The van der Waals surface area contributed by atoms with Crippen LogP contribution in [0.15, 0.2) is 18.2 Å². The lowest BCUT2D eigenvalue weighted by atomic mass is 10.0. The normalized spacial score (nSPS) is 11.9. The van der Waals surface area contributed by atoms with Gasteiger partial charge in [-0.2, -0.15) is 5.48 Å². The van der Waals surface area contributed by atoms with Crippen LogP contribution in [0.4, 0.5) is 11.4 Å². The lowest BCUT2D eigenvalue weighted by molar-refractivity contribution is -0.383. The summed E-state index contributed by atoms with van der Waals surface area (Å²) >= 11 is 0. The molecule has 0 radical (unpaired) electrons. The third kappa shape index (κ3) is 3.13. The Balaban J connectivity index is 2.97. The van der Waals surface area contributed by atoms with Crippen molar-refractivity contribution in [1.82, 2.24) is 11.0 Å². The number of carbonyl (C=O) groups is 1. The average molecular weight is 256 g/mol. The number of rotatable bonds is 5. The number of nitrogens with two attached hydrogens (primary N) is 1. The van der Waals surface area contributed by atoms with Crippen molar-refractivity contribution >= 4 is 17.3 Å². The van der Waals surface area contributed by atoms with Crippen molar-refractivity contribution in [3.63, 3.8) is 0 Å². The van der Waals surface area contributed by atoms with E-state index in [-0.39, 0.29) is 17.8 Å². The van der Waals surface area contributed by atoms with Crippen molar-refractivity contribution in [3.8, 4) is 0 Å². The zero-order chi connectivity index (χ0) is 13.7. The van der Waals surface area contributed by atoms with Gasteiger partial charge in [-0.1, -0.05) is 6.07 Å². The monoisotopic (exact) mass is 256 g/mol. The Hall–Kier alpha value is -2.23. The van der Waals surface area contributed by atoms with E-state index < -0.39 is 16.9 Å². The third-order valence-electron chi connectivity index (χ3n) is 2.32. The van der Waals surface area contributed by atoms with Gasteiger partial charge >= 0.3 is 0 Å². The minimum absolute atomic E-state index is 0.0813. The van der Waals surface area contributed by atoms with Gasteiger partial charge in [0.05, 0.1) is 17.4 Å². The van der Waals surface area contributed by atoms with E-state index in [2.05, 4.69) is 0 Å². The van der Waals surface area contributed by atoms with Crippen LogP contribution in [0.2, 0.25) is 0 Å². The summed E-state index contributed by atoms with van der Waals surface area (Å²) in [6.45, 7) is 0. The first-order valence-electron chi connectivity index (χ1n) is 4.86. The molecule has 0 aromatic heterocycles. The quantitative estimate of drug-likeness (QED) is 0.217. The number of amides is 1. The summed E-state index contributed by atoms with van der Waals surface area (Å²) in [6.07, 6.45) is -0.260. The predicted molar refractivity (Wildman–Crippen MR) is 59.7 cm³/mol. The first-order chi connectivity index (χ1) is 8.49. The van der Waals surface area contributed by atoms with Crippen LogP contribution >= 0.6 is 0 Å². The second-order valence-electron chi connectivity index (χ2n) is 3.50. The van der Waals surface area contributed by atoms with E-state index in [9.17, 15) is 14.9 Å². The van der Waals surface area contributed by atoms with Crippen molar-refractivity contribution in [2.45, 2.75) is 12.5 Å². The summed E-state index contributed by atoms with van der Waals surface area (Å²) in [5.41, 5.74) is 8.79. The number of hydroxylamine groups is 2. The maximum Gasteiger partial charge on any atom is 0.292 e. The lowest BCUT2D eigenvalue weighted by Gasteiger charge is -2.14. The van der Waals surface area contributed by atoms with Crippen molar-refractivity contribution < 1.29 is 20.1 Å². The zero-order valence-electron chi connectivity index (χ0n) is 9.16. The molecule has 1 rings (SSSR count). The molecule has 98 valence electrons. The van der Waals surface area contributed by atoms with Crippen LogP contribution in [-0.4, -0.2) is 21.2 Å². The molecular formula is C9H12N4O5. The summed E-state index contributed by atoms with van der Waals surface area (Å²) in [4.78, 5) is 20.9. The molecule has 0 saturated heterocycles. The van der Waals surface area contributed by atoms with Crippen molar-refractivity contribution in [1.29, 1.82) is 0 Å². The highest BCUT2D eigenvalue weighted by Crippen LogP contribution is 2.26. The number of hydrogen-bond donors (Lipinski definition) is 5. The topological polar surface area (TPSA) is 151 Å². The largest absolute Gasteiger partial charge is 0.393 e. The van der Waals surface area contributed by atoms with Gasteiger partial charge in [0.2, 0.25) is 5.91 Å². The molecule has 1 unspecified atom stereocenters. The van der Waals surface area contributed by atoms with Gasteiger partial charge in [0, 0.05) is 6.07 Å². The molecule has 0 aliphatic rings. The van der Waals surface area contributed by atoms with E-state index in [1.807, 2.05) is 5.48 Å². The van der Waals surface area contributed by atoms with E-state index >= 15 is 0 Å². The minimum Gasteiger partial charge on any atom is -0.393 e. The van der Waals surface area contributed by atoms with Gasteiger partial charge in [-0.05, 0) is 11.6 Å². The smallest absolute Gasteiger partial charge is 0.292 e. The molecule has 0 bridgehead atoms. The second-order valence-corrected chi connectivity index (χ2v) is 3.50. The minimum atomic E-state index is -0.833. The number of nitro benzene ring substituents is 1. The molecule has 0 aliphatic carbocycles. The van der Waals surface area contributed by atoms with Gasteiger partial charge in [-0.15, -0.1) is 0 Å². The number of carbonyl (C=O) groups excluding carboxylic acids is 1. The van der Waals surface area contributed by atoms with Crippen molar-refractivity contribution in [2.24, 2.45) is 0 Å².